The van der Waals surface area contributed by atoms with Crippen LogP contribution in [0.5, 0.6) is 0 Å². The molecule has 2 heterocycles. The highest BCUT2D eigenvalue weighted by Gasteiger charge is 2.45. The van der Waals surface area contributed by atoms with E-state index in [9.17, 15) is 4.79 Å². The van der Waals surface area contributed by atoms with Gasteiger partial charge in [-0.3, -0.25) is 4.79 Å². The molecule has 0 aliphatic heterocycles. The van der Waals surface area contributed by atoms with Crippen LogP contribution in [-0.2, 0) is 5.41 Å². The van der Waals surface area contributed by atoms with Crippen molar-refractivity contribution >= 4 is 28.8 Å². The molecule has 0 bridgehead atoms. The van der Waals surface area contributed by atoms with Gasteiger partial charge in [-0.25, -0.2) is 0 Å². The van der Waals surface area contributed by atoms with Gasteiger partial charge in [-0.15, -0.1) is 11.3 Å². The minimum absolute atomic E-state index is 0.0967. The molecule has 0 radical (unpaired) electrons. The summed E-state index contributed by atoms with van der Waals surface area (Å²) in [6, 6.07) is 11.5. The van der Waals surface area contributed by atoms with Crippen molar-refractivity contribution in [2.75, 3.05) is 6.54 Å². The number of rotatable bonds is 5. The smallest absolute Gasteiger partial charge is 0.257 e. The Bertz CT molecular complexity index is 913. The van der Waals surface area contributed by atoms with Crippen LogP contribution >= 0.6 is 22.9 Å². The van der Waals surface area contributed by atoms with Gasteiger partial charge < -0.3 is 9.84 Å². The first kappa shape index (κ1) is 16.4. The number of halogens is 1. The van der Waals surface area contributed by atoms with Crippen molar-refractivity contribution in [1.29, 1.82) is 0 Å². The standard InChI is InChI=1S/C19H17ClN2O2S/c1-12-16(17(22-24-12)13-5-2-3-6-14(13)20)18(23)21-11-19(8-9-19)15-7-4-10-25-15/h2-7,10H,8-9,11H2,1H3,(H,21,23). The Kier molecular flexibility index (Phi) is 4.13. The van der Waals surface area contributed by atoms with Gasteiger partial charge in [-0.05, 0) is 37.3 Å². The van der Waals surface area contributed by atoms with Crippen LogP contribution in [0, 0.1) is 6.92 Å². The molecule has 1 aliphatic carbocycles. The Morgan fingerprint density at radius 2 is 2.12 bits per heavy atom. The molecule has 2 aromatic heterocycles. The second-order valence-corrected chi connectivity index (χ2v) is 7.74. The third kappa shape index (κ3) is 2.98. The number of aryl methyl sites for hydroxylation is 1. The van der Waals surface area contributed by atoms with Crippen molar-refractivity contribution in [3.05, 3.63) is 63.0 Å². The van der Waals surface area contributed by atoms with Crippen molar-refractivity contribution < 1.29 is 9.32 Å². The van der Waals surface area contributed by atoms with E-state index in [0.29, 0.717) is 34.1 Å². The molecule has 0 spiro atoms. The first-order chi connectivity index (χ1) is 12.1. The Morgan fingerprint density at radius 3 is 2.80 bits per heavy atom. The fourth-order valence-corrected chi connectivity index (χ4v) is 4.27. The van der Waals surface area contributed by atoms with E-state index in [4.69, 9.17) is 16.1 Å². The summed E-state index contributed by atoms with van der Waals surface area (Å²) in [5.74, 6) is 0.324. The summed E-state index contributed by atoms with van der Waals surface area (Å²) in [7, 11) is 0. The average Bonchev–Trinajstić information content (AvgIpc) is 3.02. The minimum Gasteiger partial charge on any atom is -0.360 e. The fraction of sp³-hybridized carbons (Fsp3) is 0.263. The van der Waals surface area contributed by atoms with Gasteiger partial charge in [0.1, 0.15) is 17.0 Å². The van der Waals surface area contributed by atoms with Gasteiger partial charge in [-0.1, -0.05) is 41.0 Å². The van der Waals surface area contributed by atoms with Crippen molar-refractivity contribution in [3.8, 4) is 11.3 Å². The van der Waals surface area contributed by atoms with Crippen LogP contribution in [0.1, 0.15) is 33.8 Å². The highest BCUT2D eigenvalue weighted by Crippen LogP contribution is 2.49. The normalized spacial score (nSPS) is 15.1. The summed E-state index contributed by atoms with van der Waals surface area (Å²) in [6.45, 7) is 2.37. The lowest BCUT2D eigenvalue weighted by molar-refractivity contribution is 0.0949. The fourth-order valence-electron chi connectivity index (χ4n) is 3.06. The second kappa shape index (κ2) is 6.32. The molecular weight excluding hydrogens is 356 g/mol. The van der Waals surface area contributed by atoms with E-state index in [1.165, 1.54) is 4.88 Å². The van der Waals surface area contributed by atoms with Crippen LogP contribution in [0.4, 0.5) is 0 Å². The third-order valence-corrected chi connectivity index (χ3v) is 6.15. The van der Waals surface area contributed by atoms with E-state index in [1.807, 2.05) is 18.2 Å². The SMILES string of the molecule is Cc1onc(-c2ccccc2Cl)c1C(=O)NCC1(c2cccs2)CC1. The van der Waals surface area contributed by atoms with Crippen molar-refractivity contribution in [2.45, 2.75) is 25.2 Å². The molecule has 1 N–H and O–H groups in total. The van der Waals surface area contributed by atoms with E-state index in [-0.39, 0.29) is 11.3 Å². The highest BCUT2D eigenvalue weighted by molar-refractivity contribution is 7.10. The van der Waals surface area contributed by atoms with Crippen molar-refractivity contribution in [2.24, 2.45) is 0 Å². The highest BCUT2D eigenvalue weighted by atomic mass is 35.5. The molecule has 1 amide bonds. The molecule has 128 valence electrons. The summed E-state index contributed by atoms with van der Waals surface area (Å²) in [6.07, 6.45) is 2.21. The summed E-state index contributed by atoms with van der Waals surface area (Å²) in [4.78, 5) is 14.2. The largest absolute Gasteiger partial charge is 0.360 e. The number of aromatic nitrogens is 1. The van der Waals surface area contributed by atoms with Crippen LogP contribution in [0.25, 0.3) is 11.3 Å². The zero-order valence-corrected chi connectivity index (χ0v) is 15.3. The third-order valence-electron chi connectivity index (χ3n) is 4.70. The molecule has 6 heteroatoms. The van der Waals surface area contributed by atoms with Gasteiger partial charge >= 0.3 is 0 Å². The minimum atomic E-state index is -0.170. The van der Waals surface area contributed by atoms with Gasteiger partial charge in [-0.2, -0.15) is 0 Å². The first-order valence-corrected chi connectivity index (χ1v) is 9.40. The molecular formula is C19H17ClN2O2S. The number of hydrogen-bond acceptors (Lipinski definition) is 4. The monoisotopic (exact) mass is 372 g/mol. The molecule has 25 heavy (non-hydrogen) atoms. The van der Waals surface area contributed by atoms with Gasteiger partial charge in [0.2, 0.25) is 0 Å². The van der Waals surface area contributed by atoms with Gasteiger partial charge in [0.05, 0.1) is 5.02 Å². The van der Waals surface area contributed by atoms with Gasteiger partial charge in [0.25, 0.3) is 5.91 Å². The number of thiophene rings is 1. The van der Waals surface area contributed by atoms with Crippen LogP contribution in [-0.4, -0.2) is 17.6 Å². The predicted molar refractivity (Wildman–Crippen MR) is 99.3 cm³/mol. The number of amides is 1. The maximum Gasteiger partial charge on any atom is 0.257 e. The number of carbonyl (C=O) groups is 1. The topological polar surface area (TPSA) is 55.1 Å². The molecule has 1 aliphatic rings. The summed E-state index contributed by atoms with van der Waals surface area (Å²) in [5.41, 5.74) is 1.74. The van der Waals surface area contributed by atoms with E-state index in [2.05, 4.69) is 28.0 Å². The molecule has 4 nitrogen and oxygen atoms in total. The molecule has 0 atom stereocenters. The lowest BCUT2D eigenvalue weighted by Crippen LogP contribution is -2.32. The second-order valence-electron chi connectivity index (χ2n) is 6.38. The first-order valence-electron chi connectivity index (χ1n) is 8.14. The predicted octanol–water partition coefficient (Wildman–Crippen LogP) is 4.83. The summed E-state index contributed by atoms with van der Waals surface area (Å²) >= 11 is 8.01. The zero-order valence-electron chi connectivity index (χ0n) is 13.7. The number of carbonyl (C=O) groups excluding carboxylic acids is 1. The van der Waals surface area contributed by atoms with Gasteiger partial charge in [0.15, 0.2) is 0 Å². The summed E-state index contributed by atoms with van der Waals surface area (Å²) < 4.78 is 5.28. The molecule has 1 aromatic carbocycles. The zero-order chi connectivity index (χ0) is 17.4. The number of nitrogens with one attached hydrogen (secondary N) is 1. The quantitative estimate of drug-likeness (QED) is 0.698. The van der Waals surface area contributed by atoms with Crippen molar-refractivity contribution in [1.82, 2.24) is 10.5 Å². The Labute approximate surface area is 154 Å². The number of nitrogens with zero attached hydrogens (tertiary/aromatic N) is 1. The number of hydrogen-bond donors (Lipinski definition) is 1. The van der Waals surface area contributed by atoms with Crippen LogP contribution in [0.3, 0.4) is 0 Å². The lowest BCUT2D eigenvalue weighted by atomic mass is 10.0. The van der Waals surface area contributed by atoms with E-state index < -0.39 is 0 Å². The molecule has 0 unspecified atom stereocenters. The van der Waals surface area contributed by atoms with E-state index in [0.717, 1.165) is 12.8 Å². The van der Waals surface area contributed by atoms with Crippen LogP contribution in [0.2, 0.25) is 5.02 Å². The Morgan fingerprint density at radius 1 is 1.32 bits per heavy atom. The molecule has 0 saturated heterocycles. The van der Waals surface area contributed by atoms with Crippen molar-refractivity contribution in [3.63, 3.8) is 0 Å². The summed E-state index contributed by atoms with van der Waals surface area (Å²) in [5, 5.41) is 9.75. The Balaban J connectivity index is 1.57. The molecule has 1 saturated carbocycles. The number of benzene rings is 1. The van der Waals surface area contributed by atoms with E-state index >= 15 is 0 Å². The van der Waals surface area contributed by atoms with Crippen LogP contribution < -0.4 is 5.32 Å². The van der Waals surface area contributed by atoms with Crippen LogP contribution in [0.15, 0.2) is 46.3 Å². The van der Waals surface area contributed by atoms with E-state index in [1.54, 1.807) is 24.3 Å². The molecule has 4 rings (SSSR count). The molecule has 1 fully saturated rings. The Hall–Kier alpha value is -2.11. The maximum absolute atomic E-state index is 12.8. The van der Waals surface area contributed by atoms with Gasteiger partial charge in [0, 0.05) is 22.4 Å². The maximum atomic E-state index is 12.8. The average molecular weight is 373 g/mol. The lowest BCUT2D eigenvalue weighted by Gasteiger charge is -2.14. The molecule has 3 aromatic rings.